The average Bonchev–Trinajstić information content (AvgIpc) is 2.29. The molecule has 0 saturated carbocycles. The Morgan fingerprint density at radius 1 is 1.38 bits per heavy atom. The summed E-state index contributed by atoms with van der Waals surface area (Å²) in [5, 5.41) is 0.732. The summed E-state index contributed by atoms with van der Waals surface area (Å²) in [5.74, 6) is -0.272. The summed E-state index contributed by atoms with van der Waals surface area (Å²) >= 11 is 0. The van der Waals surface area contributed by atoms with Crippen LogP contribution in [-0.2, 0) is 4.74 Å². The Kier molecular flexibility index (Phi) is 2.68. The van der Waals surface area contributed by atoms with Gasteiger partial charge in [0.15, 0.2) is 0 Å². The zero-order valence-electron chi connectivity index (χ0n) is 8.80. The van der Waals surface area contributed by atoms with E-state index in [0.29, 0.717) is 5.52 Å². The van der Waals surface area contributed by atoms with Crippen molar-refractivity contribution >= 4 is 22.7 Å². The highest BCUT2D eigenvalue weighted by molar-refractivity contribution is 5.93. The fraction of sp³-hybridized carbons (Fsp3) is 0.182. The minimum absolute atomic E-state index is 0.00181. The Balaban J connectivity index is 2.53. The molecule has 0 unspecified atom stereocenters. The number of hydrogen-bond acceptors (Lipinski definition) is 5. The van der Waals surface area contributed by atoms with Crippen molar-refractivity contribution in [2.24, 2.45) is 0 Å². The number of para-hydroxylation sites is 1. The number of anilines is 1. The molecular weight excluding hydrogens is 206 g/mol. The molecule has 2 rings (SSSR count). The molecule has 0 bridgehead atoms. The Labute approximate surface area is 92.3 Å². The van der Waals surface area contributed by atoms with Gasteiger partial charge >= 0.3 is 5.97 Å². The normalized spacial score (nSPS) is 10.3. The number of esters is 1. The van der Waals surface area contributed by atoms with Crippen LogP contribution in [0.25, 0.3) is 10.9 Å². The fourth-order valence-electron chi connectivity index (χ4n) is 1.39. The number of nitrogen functional groups attached to an aromatic ring is 1. The molecule has 0 radical (unpaired) electrons. The van der Waals surface area contributed by atoms with Gasteiger partial charge in [-0.05, 0) is 19.1 Å². The largest absolute Gasteiger partial charge is 0.460 e. The van der Waals surface area contributed by atoms with Crippen LogP contribution in [0.5, 0.6) is 0 Å². The summed E-state index contributed by atoms with van der Waals surface area (Å²) in [6, 6.07) is 7.24. The number of nitrogens with zero attached hydrogens (tertiary/aromatic N) is 2. The molecule has 0 aliphatic carbocycles. The molecule has 5 nitrogen and oxygen atoms in total. The molecule has 1 aromatic carbocycles. The molecule has 0 aliphatic rings. The van der Waals surface area contributed by atoms with E-state index in [4.69, 9.17) is 10.5 Å². The maximum Gasteiger partial charge on any atom is 0.376 e. The Morgan fingerprint density at radius 2 is 2.12 bits per heavy atom. The first-order valence-electron chi connectivity index (χ1n) is 4.91. The number of aromatic nitrogens is 2. The topological polar surface area (TPSA) is 78.1 Å². The predicted octanol–water partition coefficient (Wildman–Crippen LogP) is 1.39. The van der Waals surface area contributed by atoms with Crippen molar-refractivity contribution in [3.05, 3.63) is 30.1 Å². The third kappa shape index (κ3) is 1.79. The van der Waals surface area contributed by atoms with Gasteiger partial charge in [-0.1, -0.05) is 12.1 Å². The lowest BCUT2D eigenvalue weighted by molar-refractivity contribution is 0.0512. The molecule has 0 amide bonds. The van der Waals surface area contributed by atoms with Gasteiger partial charge in [0.2, 0.25) is 5.82 Å². The minimum atomic E-state index is -0.556. The molecule has 0 spiro atoms. The second-order valence-electron chi connectivity index (χ2n) is 3.17. The summed E-state index contributed by atoms with van der Waals surface area (Å²) in [6.45, 7) is 2.01. The van der Waals surface area contributed by atoms with Crippen LogP contribution in [-0.4, -0.2) is 22.5 Å². The molecule has 1 heterocycles. The number of fused-ring (bicyclic) bond motifs is 1. The first kappa shape index (κ1) is 10.4. The van der Waals surface area contributed by atoms with Crippen molar-refractivity contribution in [1.29, 1.82) is 0 Å². The van der Waals surface area contributed by atoms with E-state index in [0.717, 1.165) is 5.39 Å². The summed E-state index contributed by atoms with van der Waals surface area (Å²) in [6.07, 6.45) is 0. The van der Waals surface area contributed by atoms with Crippen LogP contribution in [0.15, 0.2) is 24.3 Å². The Bertz CT molecular complexity index is 540. The highest BCUT2D eigenvalue weighted by Gasteiger charge is 2.12. The van der Waals surface area contributed by atoms with Crippen molar-refractivity contribution in [3.8, 4) is 0 Å². The van der Waals surface area contributed by atoms with E-state index >= 15 is 0 Å². The number of benzene rings is 1. The van der Waals surface area contributed by atoms with Crippen molar-refractivity contribution in [2.75, 3.05) is 12.3 Å². The van der Waals surface area contributed by atoms with E-state index in [1.807, 2.05) is 12.1 Å². The summed E-state index contributed by atoms with van der Waals surface area (Å²) in [7, 11) is 0. The third-order valence-electron chi connectivity index (χ3n) is 2.09. The van der Waals surface area contributed by atoms with E-state index in [1.165, 1.54) is 0 Å². The van der Waals surface area contributed by atoms with Crippen molar-refractivity contribution in [2.45, 2.75) is 6.92 Å². The molecule has 1 aromatic heterocycles. The second-order valence-corrected chi connectivity index (χ2v) is 3.17. The number of hydrogen-bond donors (Lipinski definition) is 1. The molecule has 82 valence electrons. The van der Waals surface area contributed by atoms with Crippen LogP contribution in [0.4, 0.5) is 5.82 Å². The SMILES string of the molecule is CCOC(=O)c1nc(N)c2ccccc2n1. The Hall–Kier alpha value is -2.17. The zero-order chi connectivity index (χ0) is 11.5. The van der Waals surface area contributed by atoms with E-state index in [2.05, 4.69) is 9.97 Å². The lowest BCUT2D eigenvalue weighted by Gasteiger charge is -2.04. The van der Waals surface area contributed by atoms with Crippen molar-refractivity contribution in [3.63, 3.8) is 0 Å². The van der Waals surface area contributed by atoms with Crippen molar-refractivity contribution < 1.29 is 9.53 Å². The molecule has 5 heteroatoms. The van der Waals surface area contributed by atoms with Crippen LogP contribution in [0, 0.1) is 0 Å². The number of nitrogens with two attached hydrogens (primary N) is 1. The maximum absolute atomic E-state index is 11.4. The van der Waals surface area contributed by atoms with Gasteiger partial charge in [-0.2, -0.15) is 0 Å². The van der Waals surface area contributed by atoms with E-state index in [1.54, 1.807) is 19.1 Å². The van der Waals surface area contributed by atoms with Gasteiger partial charge in [0.25, 0.3) is 0 Å². The lowest BCUT2D eigenvalue weighted by Crippen LogP contribution is -2.11. The van der Waals surface area contributed by atoms with Crippen LogP contribution in [0.1, 0.15) is 17.5 Å². The quantitative estimate of drug-likeness (QED) is 0.769. The smallest absolute Gasteiger partial charge is 0.376 e. The molecule has 2 aromatic rings. The van der Waals surface area contributed by atoms with Gasteiger partial charge < -0.3 is 10.5 Å². The van der Waals surface area contributed by atoms with Crippen LogP contribution >= 0.6 is 0 Å². The molecule has 0 aliphatic heterocycles. The Morgan fingerprint density at radius 3 is 2.88 bits per heavy atom. The maximum atomic E-state index is 11.4. The number of carbonyl (C=O) groups is 1. The average molecular weight is 217 g/mol. The summed E-state index contributed by atoms with van der Waals surface area (Å²) in [5.41, 5.74) is 6.37. The van der Waals surface area contributed by atoms with Gasteiger partial charge in [0.1, 0.15) is 5.82 Å². The lowest BCUT2D eigenvalue weighted by atomic mass is 10.2. The molecule has 0 atom stereocenters. The van der Waals surface area contributed by atoms with E-state index in [-0.39, 0.29) is 18.2 Å². The fourth-order valence-corrected chi connectivity index (χ4v) is 1.39. The monoisotopic (exact) mass is 217 g/mol. The van der Waals surface area contributed by atoms with Gasteiger partial charge in [-0.3, -0.25) is 0 Å². The number of rotatable bonds is 2. The predicted molar refractivity (Wildman–Crippen MR) is 59.9 cm³/mol. The first-order valence-corrected chi connectivity index (χ1v) is 4.91. The van der Waals surface area contributed by atoms with Gasteiger partial charge in [-0.25, -0.2) is 14.8 Å². The third-order valence-corrected chi connectivity index (χ3v) is 2.09. The van der Waals surface area contributed by atoms with Gasteiger partial charge in [0, 0.05) is 5.39 Å². The van der Waals surface area contributed by atoms with Crippen LogP contribution < -0.4 is 5.73 Å². The van der Waals surface area contributed by atoms with Crippen LogP contribution in [0.2, 0.25) is 0 Å². The summed E-state index contributed by atoms with van der Waals surface area (Å²) < 4.78 is 4.81. The van der Waals surface area contributed by atoms with Gasteiger partial charge in [-0.15, -0.1) is 0 Å². The van der Waals surface area contributed by atoms with Crippen molar-refractivity contribution in [1.82, 2.24) is 9.97 Å². The molecular formula is C11H11N3O2. The minimum Gasteiger partial charge on any atom is -0.460 e. The molecule has 0 fully saturated rings. The van der Waals surface area contributed by atoms with Gasteiger partial charge in [0.05, 0.1) is 12.1 Å². The number of carbonyl (C=O) groups excluding carboxylic acids is 1. The molecule has 0 saturated heterocycles. The van der Waals surface area contributed by atoms with Crippen LogP contribution in [0.3, 0.4) is 0 Å². The van der Waals surface area contributed by atoms with E-state index < -0.39 is 5.97 Å². The number of ether oxygens (including phenoxy) is 1. The first-order chi connectivity index (χ1) is 7.72. The highest BCUT2D eigenvalue weighted by Crippen LogP contribution is 2.17. The highest BCUT2D eigenvalue weighted by atomic mass is 16.5. The standard InChI is InChI=1S/C11H11N3O2/c1-2-16-11(15)10-13-8-6-4-3-5-7(8)9(12)14-10/h3-6H,2H2,1H3,(H2,12,13,14). The second kappa shape index (κ2) is 4.14. The zero-order valence-corrected chi connectivity index (χ0v) is 8.80. The molecule has 2 N–H and O–H groups in total. The van der Waals surface area contributed by atoms with E-state index in [9.17, 15) is 4.79 Å². The summed E-state index contributed by atoms with van der Waals surface area (Å²) in [4.78, 5) is 19.4. The molecule has 16 heavy (non-hydrogen) atoms.